The topological polar surface area (TPSA) is 0 Å². The van der Waals surface area contributed by atoms with E-state index in [9.17, 15) is 0 Å². The fraction of sp³-hybridized carbons (Fsp3) is 0.241. The highest BCUT2D eigenvalue weighted by atomic mass is 14.3. The number of benzene rings is 3. The van der Waals surface area contributed by atoms with Crippen molar-refractivity contribution in [1.82, 2.24) is 0 Å². The third-order valence-corrected chi connectivity index (χ3v) is 6.89. The lowest BCUT2D eigenvalue weighted by atomic mass is 9.86. The molecule has 0 saturated carbocycles. The van der Waals surface area contributed by atoms with Crippen molar-refractivity contribution in [1.29, 1.82) is 0 Å². The standard InChI is InChI=1S/C29H28/c1-18-13-23-9-10-25(28(23)15-20(18)3)17-22-7-5-6-8-26(22)27-12-11-24-14-19(2)21(4)16-29(24)27/h5-10,12-16,25H,11,17H2,1-4H3. The molecule has 3 aromatic rings. The number of hydrogen-bond acceptors (Lipinski definition) is 0. The summed E-state index contributed by atoms with van der Waals surface area (Å²) in [5.41, 5.74) is 15.6. The maximum Gasteiger partial charge on any atom is 0.00679 e. The molecule has 0 heteroatoms. The SMILES string of the molecule is Cc1cc2c(cc1C)C(Cc1ccccc1C1=CCc3cc(C)c(C)cc31)C=C2. The van der Waals surface area contributed by atoms with Gasteiger partial charge in [0.05, 0.1) is 0 Å². The zero-order valence-corrected chi connectivity index (χ0v) is 17.8. The maximum absolute atomic E-state index is 2.42. The van der Waals surface area contributed by atoms with Gasteiger partial charge in [-0.25, -0.2) is 0 Å². The van der Waals surface area contributed by atoms with Crippen molar-refractivity contribution in [3.05, 3.63) is 116 Å². The largest absolute Gasteiger partial charge is 0.0760 e. The van der Waals surface area contributed by atoms with E-state index in [0.29, 0.717) is 5.92 Å². The lowest BCUT2D eigenvalue weighted by Crippen LogP contribution is -2.03. The molecule has 0 fully saturated rings. The average molecular weight is 377 g/mol. The highest BCUT2D eigenvalue weighted by Gasteiger charge is 2.23. The zero-order chi connectivity index (χ0) is 20.1. The maximum atomic E-state index is 2.42. The lowest BCUT2D eigenvalue weighted by molar-refractivity contribution is 0.846. The van der Waals surface area contributed by atoms with Crippen LogP contribution in [-0.2, 0) is 12.8 Å². The third-order valence-electron chi connectivity index (χ3n) is 6.89. The van der Waals surface area contributed by atoms with Crippen LogP contribution in [0.3, 0.4) is 0 Å². The van der Waals surface area contributed by atoms with Crippen molar-refractivity contribution >= 4 is 11.6 Å². The van der Waals surface area contributed by atoms with Gasteiger partial charge in [-0.2, -0.15) is 0 Å². The first-order chi connectivity index (χ1) is 14.0. The number of fused-ring (bicyclic) bond motifs is 2. The van der Waals surface area contributed by atoms with Crippen LogP contribution in [-0.4, -0.2) is 0 Å². The Morgan fingerprint density at radius 1 is 0.793 bits per heavy atom. The lowest BCUT2D eigenvalue weighted by Gasteiger charge is -2.17. The van der Waals surface area contributed by atoms with E-state index in [4.69, 9.17) is 0 Å². The monoisotopic (exact) mass is 376 g/mol. The van der Waals surface area contributed by atoms with Gasteiger partial charge in [-0.1, -0.05) is 66.8 Å². The molecule has 1 atom stereocenters. The minimum atomic E-state index is 0.465. The first-order valence-corrected chi connectivity index (χ1v) is 10.7. The van der Waals surface area contributed by atoms with Gasteiger partial charge >= 0.3 is 0 Å². The second kappa shape index (κ2) is 6.88. The average Bonchev–Trinajstić information content (AvgIpc) is 3.27. The Morgan fingerprint density at radius 3 is 2.38 bits per heavy atom. The number of hydrogen-bond donors (Lipinski definition) is 0. The molecule has 5 rings (SSSR count). The summed E-state index contributed by atoms with van der Waals surface area (Å²) in [7, 11) is 0. The van der Waals surface area contributed by atoms with E-state index < -0.39 is 0 Å². The van der Waals surface area contributed by atoms with Gasteiger partial charge in [-0.3, -0.25) is 0 Å². The summed E-state index contributed by atoms with van der Waals surface area (Å²) in [5.74, 6) is 0.465. The van der Waals surface area contributed by atoms with E-state index in [-0.39, 0.29) is 0 Å². The van der Waals surface area contributed by atoms with E-state index in [0.717, 1.165) is 12.8 Å². The Labute approximate surface area is 174 Å². The summed E-state index contributed by atoms with van der Waals surface area (Å²) in [6.07, 6.45) is 9.23. The first-order valence-electron chi connectivity index (χ1n) is 10.7. The minimum Gasteiger partial charge on any atom is -0.0760 e. The molecule has 0 amide bonds. The highest BCUT2D eigenvalue weighted by molar-refractivity contribution is 5.86. The van der Waals surface area contributed by atoms with Crippen molar-refractivity contribution in [2.45, 2.75) is 46.5 Å². The molecule has 0 nitrogen and oxygen atoms in total. The molecule has 0 aliphatic heterocycles. The number of rotatable bonds is 3. The van der Waals surface area contributed by atoms with Gasteiger partial charge < -0.3 is 0 Å². The van der Waals surface area contributed by atoms with Gasteiger partial charge in [-0.05, 0) is 102 Å². The summed E-state index contributed by atoms with van der Waals surface area (Å²) in [5, 5.41) is 0. The molecule has 3 aromatic carbocycles. The van der Waals surface area contributed by atoms with E-state index in [1.165, 1.54) is 61.2 Å². The van der Waals surface area contributed by atoms with Crippen molar-refractivity contribution in [2.75, 3.05) is 0 Å². The molecule has 2 aliphatic rings. The quantitative estimate of drug-likeness (QED) is 0.451. The molecule has 0 radical (unpaired) electrons. The Morgan fingerprint density at radius 2 is 1.52 bits per heavy atom. The van der Waals surface area contributed by atoms with Crippen LogP contribution in [0.4, 0.5) is 0 Å². The van der Waals surface area contributed by atoms with E-state index in [1.807, 2.05) is 0 Å². The van der Waals surface area contributed by atoms with Crippen LogP contribution < -0.4 is 0 Å². The molecule has 144 valence electrons. The van der Waals surface area contributed by atoms with Crippen LogP contribution in [0.25, 0.3) is 11.6 Å². The van der Waals surface area contributed by atoms with Gasteiger partial charge in [-0.15, -0.1) is 0 Å². The van der Waals surface area contributed by atoms with Crippen LogP contribution in [0, 0.1) is 27.7 Å². The molecule has 0 bridgehead atoms. The van der Waals surface area contributed by atoms with Crippen LogP contribution in [0.5, 0.6) is 0 Å². The van der Waals surface area contributed by atoms with Crippen LogP contribution in [0.15, 0.2) is 60.7 Å². The van der Waals surface area contributed by atoms with Crippen molar-refractivity contribution < 1.29 is 0 Å². The van der Waals surface area contributed by atoms with Gasteiger partial charge in [0.25, 0.3) is 0 Å². The molecule has 0 N–H and O–H groups in total. The molecule has 1 unspecified atom stereocenters. The van der Waals surface area contributed by atoms with Gasteiger partial charge in [0.15, 0.2) is 0 Å². The van der Waals surface area contributed by atoms with E-state index >= 15 is 0 Å². The summed E-state index contributed by atoms with van der Waals surface area (Å²) in [6.45, 7) is 8.88. The van der Waals surface area contributed by atoms with Crippen molar-refractivity contribution in [3.8, 4) is 0 Å². The van der Waals surface area contributed by atoms with Crippen LogP contribution in [0.1, 0.15) is 61.6 Å². The fourth-order valence-corrected chi connectivity index (χ4v) is 4.90. The zero-order valence-electron chi connectivity index (χ0n) is 17.8. The fourth-order valence-electron chi connectivity index (χ4n) is 4.90. The minimum absolute atomic E-state index is 0.465. The van der Waals surface area contributed by atoms with Crippen LogP contribution in [0.2, 0.25) is 0 Å². The highest BCUT2D eigenvalue weighted by Crippen LogP contribution is 2.39. The molecule has 0 heterocycles. The Kier molecular flexibility index (Phi) is 4.32. The Hall–Kier alpha value is -2.86. The second-order valence-electron chi connectivity index (χ2n) is 8.81. The van der Waals surface area contributed by atoms with Crippen molar-refractivity contribution in [2.24, 2.45) is 0 Å². The van der Waals surface area contributed by atoms with E-state index in [1.54, 1.807) is 0 Å². The summed E-state index contributed by atoms with van der Waals surface area (Å²) < 4.78 is 0. The predicted octanol–water partition coefficient (Wildman–Crippen LogP) is 7.26. The molecular formula is C29H28. The molecule has 0 saturated heterocycles. The molecular weight excluding hydrogens is 348 g/mol. The second-order valence-corrected chi connectivity index (χ2v) is 8.81. The van der Waals surface area contributed by atoms with Gasteiger partial charge in [0.1, 0.15) is 0 Å². The first kappa shape index (κ1) is 18.2. The van der Waals surface area contributed by atoms with Gasteiger partial charge in [0.2, 0.25) is 0 Å². The molecule has 29 heavy (non-hydrogen) atoms. The summed E-state index contributed by atoms with van der Waals surface area (Å²) in [6, 6.07) is 18.5. The molecule has 0 spiro atoms. The molecule has 2 aliphatic carbocycles. The smallest absolute Gasteiger partial charge is 0.00679 e. The summed E-state index contributed by atoms with van der Waals surface area (Å²) >= 11 is 0. The summed E-state index contributed by atoms with van der Waals surface area (Å²) in [4.78, 5) is 0. The molecule has 0 aromatic heterocycles. The van der Waals surface area contributed by atoms with E-state index in [2.05, 4.69) is 94.5 Å². The Balaban J connectivity index is 1.52. The van der Waals surface area contributed by atoms with Crippen molar-refractivity contribution in [3.63, 3.8) is 0 Å². The predicted molar refractivity (Wildman–Crippen MR) is 125 cm³/mol. The normalized spacial score (nSPS) is 16.7. The van der Waals surface area contributed by atoms with Gasteiger partial charge in [0, 0.05) is 5.92 Å². The Bertz CT molecular complexity index is 1190. The number of allylic oxidation sites excluding steroid dienone is 2. The van der Waals surface area contributed by atoms with Crippen LogP contribution >= 0.6 is 0 Å². The number of aryl methyl sites for hydroxylation is 4. The third kappa shape index (κ3) is 3.08.